The van der Waals surface area contributed by atoms with Crippen molar-refractivity contribution >= 4 is 34.4 Å². The highest BCUT2D eigenvalue weighted by Gasteiger charge is 2.19. The first-order valence-corrected chi connectivity index (χ1v) is 12.4. The number of rotatable bonds is 8. The fourth-order valence-electron chi connectivity index (χ4n) is 4.31. The number of carbonyl (C=O) groups is 1. The first kappa shape index (κ1) is 22.4. The lowest BCUT2D eigenvalue weighted by molar-refractivity contribution is -0.120. The highest BCUT2D eigenvalue weighted by Crippen LogP contribution is 2.21. The summed E-state index contributed by atoms with van der Waals surface area (Å²) in [7, 11) is 0. The number of hydrogen-bond acceptors (Lipinski definition) is 7. The third kappa shape index (κ3) is 5.76. The number of amides is 1. The second-order valence-corrected chi connectivity index (χ2v) is 9.20. The molecule has 3 heterocycles. The first-order chi connectivity index (χ1) is 16.7. The van der Waals surface area contributed by atoms with Crippen molar-refractivity contribution in [2.24, 2.45) is 0 Å². The zero-order valence-corrected chi connectivity index (χ0v) is 19.8. The van der Waals surface area contributed by atoms with Crippen LogP contribution in [0, 0.1) is 0 Å². The van der Waals surface area contributed by atoms with Crippen LogP contribution in [0.15, 0.2) is 66.9 Å². The van der Waals surface area contributed by atoms with Gasteiger partial charge in [0.05, 0.1) is 30.4 Å². The van der Waals surface area contributed by atoms with Gasteiger partial charge in [0.25, 0.3) is 0 Å². The van der Waals surface area contributed by atoms with Crippen molar-refractivity contribution in [3.05, 3.63) is 83.7 Å². The summed E-state index contributed by atoms with van der Waals surface area (Å²) >= 11 is 1.26. The first-order valence-electron chi connectivity index (χ1n) is 11.7. The number of fused-ring (bicyclic) bond motifs is 1. The maximum absolute atomic E-state index is 12.3. The molecule has 2 N–H and O–H groups in total. The Morgan fingerprint density at radius 2 is 1.74 bits per heavy atom. The lowest BCUT2D eigenvalue weighted by Gasteiger charge is -2.34. The van der Waals surface area contributed by atoms with Crippen LogP contribution in [0.2, 0.25) is 0 Å². The zero-order valence-electron chi connectivity index (χ0n) is 19.0. The molecule has 5 rings (SSSR count). The Hall–Kier alpha value is -3.36. The van der Waals surface area contributed by atoms with Gasteiger partial charge in [-0.3, -0.25) is 9.78 Å². The predicted octanol–water partition coefficient (Wildman–Crippen LogP) is 3.70. The number of nitrogens with zero attached hydrogens (tertiary/aromatic N) is 4. The third-order valence-electron chi connectivity index (χ3n) is 6.27. The number of aromatic nitrogens is 3. The van der Waals surface area contributed by atoms with E-state index in [0.717, 1.165) is 54.8 Å². The van der Waals surface area contributed by atoms with E-state index in [0.29, 0.717) is 19.0 Å². The second-order valence-electron chi connectivity index (χ2n) is 8.67. The van der Waals surface area contributed by atoms with Crippen LogP contribution in [0.5, 0.6) is 0 Å². The van der Waals surface area contributed by atoms with Gasteiger partial charge in [-0.2, -0.15) is 8.75 Å². The second kappa shape index (κ2) is 10.7. The molecule has 0 radical (unpaired) electrons. The minimum absolute atomic E-state index is 0.00971. The summed E-state index contributed by atoms with van der Waals surface area (Å²) in [5.74, 6) is 0.00971. The third-order valence-corrected chi connectivity index (χ3v) is 6.82. The van der Waals surface area contributed by atoms with Crippen molar-refractivity contribution in [3.63, 3.8) is 0 Å². The van der Waals surface area contributed by atoms with Gasteiger partial charge >= 0.3 is 0 Å². The molecule has 174 valence electrons. The molecule has 2 aromatic heterocycles. The van der Waals surface area contributed by atoms with Gasteiger partial charge in [-0.1, -0.05) is 24.3 Å². The Labute approximate surface area is 203 Å². The number of piperidine rings is 1. The van der Waals surface area contributed by atoms with Crippen molar-refractivity contribution in [1.29, 1.82) is 0 Å². The van der Waals surface area contributed by atoms with Gasteiger partial charge in [0.2, 0.25) is 5.91 Å². The average molecular weight is 473 g/mol. The van der Waals surface area contributed by atoms with E-state index in [1.165, 1.54) is 23.0 Å². The molecule has 4 aromatic rings. The van der Waals surface area contributed by atoms with E-state index in [4.69, 9.17) is 0 Å². The summed E-state index contributed by atoms with van der Waals surface area (Å²) < 4.78 is 8.60. The molecule has 0 spiro atoms. The molecule has 1 amide bonds. The highest BCUT2D eigenvalue weighted by atomic mass is 32.1. The van der Waals surface area contributed by atoms with Crippen molar-refractivity contribution in [1.82, 2.24) is 24.4 Å². The summed E-state index contributed by atoms with van der Waals surface area (Å²) in [6.45, 7) is 3.36. The van der Waals surface area contributed by atoms with E-state index in [1.807, 2.05) is 24.3 Å². The van der Waals surface area contributed by atoms with E-state index in [-0.39, 0.29) is 5.91 Å². The van der Waals surface area contributed by atoms with E-state index in [2.05, 4.69) is 65.7 Å². The van der Waals surface area contributed by atoms with Gasteiger partial charge in [0.1, 0.15) is 11.0 Å². The van der Waals surface area contributed by atoms with Crippen LogP contribution in [0.3, 0.4) is 0 Å². The molecular weight excluding hydrogens is 444 g/mol. The average Bonchev–Trinajstić information content (AvgIpc) is 3.36. The molecule has 0 unspecified atom stereocenters. The number of nitrogens with one attached hydrogen (secondary N) is 2. The Morgan fingerprint density at radius 1 is 0.941 bits per heavy atom. The molecule has 0 saturated carbocycles. The smallest absolute Gasteiger partial charge is 0.224 e. The molecule has 1 aliphatic heterocycles. The van der Waals surface area contributed by atoms with E-state index in [1.54, 1.807) is 6.20 Å². The van der Waals surface area contributed by atoms with Crippen LogP contribution in [0.1, 0.15) is 29.7 Å². The topological polar surface area (TPSA) is 83.0 Å². The highest BCUT2D eigenvalue weighted by molar-refractivity contribution is 7.00. The molecule has 7 nitrogen and oxygen atoms in total. The lowest BCUT2D eigenvalue weighted by atomic mass is 10.0. The quantitative estimate of drug-likeness (QED) is 0.407. The van der Waals surface area contributed by atoms with Crippen molar-refractivity contribution in [2.45, 2.75) is 38.4 Å². The van der Waals surface area contributed by atoms with Crippen LogP contribution < -0.4 is 15.5 Å². The number of hydrogen-bond donors (Lipinski definition) is 2. The molecular formula is C26H28N6OS. The fraction of sp³-hybridized carbons (Fsp3) is 0.308. The lowest BCUT2D eigenvalue weighted by Crippen LogP contribution is -2.42. The number of benzene rings is 2. The summed E-state index contributed by atoms with van der Waals surface area (Å²) in [6, 6.07) is 20.9. The molecule has 34 heavy (non-hydrogen) atoms. The zero-order chi connectivity index (χ0) is 23.2. The van der Waals surface area contributed by atoms with Crippen LogP contribution in [-0.2, 0) is 24.3 Å². The number of pyridine rings is 1. The van der Waals surface area contributed by atoms with E-state index in [9.17, 15) is 4.79 Å². The van der Waals surface area contributed by atoms with Crippen LogP contribution in [0.4, 0.5) is 5.69 Å². The molecule has 0 atom stereocenters. The summed E-state index contributed by atoms with van der Waals surface area (Å²) in [5, 5.41) is 6.64. The van der Waals surface area contributed by atoms with Crippen LogP contribution in [-0.4, -0.2) is 38.8 Å². The van der Waals surface area contributed by atoms with Crippen LogP contribution in [0.25, 0.3) is 11.0 Å². The summed E-state index contributed by atoms with van der Waals surface area (Å²) in [6.07, 6.45) is 4.33. The monoisotopic (exact) mass is 472 g/mol. The van der Waals surface area contributed by atoms with Crippen molar-refractivity contribution in [3.8, 4) is 0 Å². The standard InChI is InChI=1S/C26H28N6OS/c33-26(29-18-22-3-1-2-12-27-22)16-19-4-7-23(8-5-19)32-13-10-21(11-14-32)28-17-20-6-9-24-25(15-20)31-34-30-24/h1-9,12,15,21,28H,10-11,13-14,16-18H2,(H,29,33). The van der Waals surface area contributed by atoms with Crippen molar-refractivity contribution in [2.75, 3.05) is 18.0 Å². The Balaban J connectivity index is 1.06. The SMILES string of the molecule is O=C(Cc1ccc(N2CCC(NCc3ccc4nsnc4c3)CC2)cc1)NCc1ccccn1. The molecule has 0 aliphatic carbocycles. The maximum atomic E-state index is 12.3. The molecule has 8 heteroatoms. The minimum atomic E-state index is 0.00971. The Morgan fingerprint density at radius 3 is 2.53 bits per heavy atom. The van der Waals surface area contributed by atoms with E-state index < -0.39 is 0 Å². The minimum Gasteiger partial charge on any atom is -0.371 e. The van der Waals surface area contributed by atoms with Gasteiger partial charge < -0.3 is 15.5 Å². The van der Waals surface area contributed by atoms with E-state index >= 15 is 0 Å². The predicted molar refractivity (Wildman–Crippen MR) is 136 cm³/mol. The van der Waals surface area contributed by atoms with Gasteiger partial charge in [0.15, 0.2) is 0 Å². The van der Waals surface area contributed by atoms with Gasteiger partial charge in [-0.25, -0.2) is 0 Å². The van der Waals surface area contributed by atoms with Gasteiger partial charge in [0, 0.05) is 37.6 Å². The molecule has 2 aromatic carbocycles. The molecule has 0 bridgehead atoms. The Kier molecular flexibility index (Phi) is 7.07. The molecule has 1 saturated heterocycles. The van der Waals surface area contributed by atoms with Crippen LogP contribution >= 0.6 is 11.7 Å². The largest absolute Gasteiger partial charge is 0.371 e. The van der Waals surface area contributed by atoms with Gasteiger partial charge in [-0.15, -0.1) is 0 Å². The molecule has 1 aliphatic rings. The van der Waals surface area contributed by atoms with Gasteiger partial charge in [-0.05, 0) is 60.4 Å². The Bertz CT molecular complexity index is 1220. The molecule has 1 fully saturated rings. The number of carbonyl (C=O) groups excluding carboxylic acids is 1. The van der Waals surface area contributed by atoms with Crippen molar-refractivity contribution < 1.29 is 4.79 Å². The fourth-order valence-corrected chi connectivity index (χ4v) is 4.82. The normalized spacial score (nSPS) is 14.4. The summed E-state index contributed by atoms with van der Waals surface area (Å²) in [4.78, 5) is 18.9. The summed E-state index contributed by atoms with van der Waals surface area (Å²) in [5.41, 5.74) is 6.30. The number of anilines is 1. The maximum Gasteiger partial charge on any atom is 0.224 e.